The zero-order valence-corrected chi connectivity index (χ0v) is 14.8. The second-order valence-electron chi connectivity index (χ2n) is 6.80. The number of nitrogens with zero attached hydrogens (tertiary/aromatic N) is 2. The maximum absolute atomic E-state index is 11.6. The van der Waals surface area contributed by atoms with E-state index in [0.717, 1.165) is 19.3 Å². The van der Waals surface area contributed by atoms with E-state index in [1.807, 2.05) is 18.2 Å². The van der Waals surface area contributed by atoms with E-state index in [1.165, 1.54) is 5.56 Å². The van der Waals surface area contributed by atoms with Crippen molar-refractivity contribution < 1.29 is 5.11 Å². The van der Waals surface area contributed by atoms with Crippen LogP contribution in [0.2, 0.25) is 0 Å². The van der Waals surface area contributed by atoms with Gasteiger partial charge in [-0.25, -0.2) is 4.98 Å². The average Bonchev–Trinajstić information content (AvgIpc) is 3.06. The molecule has 4 nitrogen and oxygen atoms in total. The summed E-state index contributed by atoms with van der Waals surface area (Å²) < 4.78 is 2.20. The van der Waals surface area contributed by atoms with Gasteiger partial charge in [0.05, 0.1) is 12.1 Å². The van der Waals surface area contributed by atoms with Gasteiger partial charge in [-0.1, -0.05) is 37.3 Å². The topological polar surface area (TPSA) is 53.8 Å². The number of aliphatic hydroxyl groups is 1. The van der Waals surface area contributed by atoms with Crippen LogP contribution in [0, 0.1) is 16.1 Å². The average molecular weight is 352 g/mol. The Morgan fingerprint density at radius 3 is 2.78 bits per heavy atom. The first-order valence-electron chi connectivity index (χ1n) is 7.91. The molecule has 0 bridgehead atoms. The van der Waals surface area contributed by atoms with Crippen molar-refractivity contribution in [2.24, 2.45) is 11.3 Å². The summed E-state index contributed by atoms with van der Waals surface area (Å²) in [6.07, 6.45) is 4.26. The smallest absolute Gasteiger partial charge is 0.215 e. The molecule has 23 heavy (non-hydrogen) atoms. The zero-order chi connectivity index (χ0) is 16.5. The lowest BCUT2D eigenvalue weighted by Crippen LogP contribution is -2.51. The molecule has 0 radical (unpaired) electrons. The number of hydrogen-bond donors (Lipinski definition) is 2. The van der Waals surface area contributed by atoms with Gasteiger partial charge in [0.25, 0.3) is 0 Å². The number of halogens is 1. The Morgan fingerprint density at radius 2 is 2.17 bits per heavy atom. The van der Waals surface area contributed by atoms with Crippen LogP contribution in [0.25, 0.3) is 0 Å². The predicted molar refractivity (Wildman–Crippen MR) is 94.1 cm³/mol. The fraction of sp³-hybridized carbons (Fsp3) is 0.529. The van der Waals surface area contributed by atoms with Crippen molar-refractivity contribution in [2.75, 3.05) is 5.88 Å². The molecule has 1 aromatic heterocycles. The highest BCUT2D eigenvalue weighted by molar-refractivity contribution is 7.71. The first-order valence-corrected chi connectivity index (χ1v) is 8.85. The van der Waals surface area contributed by atoms with Gasteiger partial charge in [0, 0.05) is 11.3 Å². The molecule has 3 atom stereocenters. The lowest BCUT2D eigenvalue weighted by atomic mass is 9.72. The number of aromatic amines is 1. The largest absolute Gasteiger partial charge is 0.387 e. The Labute approximate surface area is 146 Å². The molecule has 3 unspecified atom stereocenters. The lowest BCUT2D eigenvalue weighted by Gasteiger charge is -2.42. The van der Waals surface area contributed by atoms with Crippen LogP contribution in [-0.4, -0.2) is 31.4 Å². The van der Waals surface area contributed by atoms with Crippen LogP contribution < -0.4 is 0 Å². The number of benzene rings is 1. The van der Waals surface area contributed by atoms with Crippen LogP contribution in [0.1, 0.15) is 25.3 Å². The van der Waals surface area contributed by atoms with Gasteiger partial charge in [0.15, 0.2) is 0 Å². The molecule has 3 rings (SSSR count). The van der Waals surface area contributed by atoms with Gasteiger partial charge in [0.2, 0.25) is 4.77 Å². The molecule has 1 fully saturated rings. The number of H-pyrrole nitrogens is 1. The second-order valence-corrected chi connectivity index (χ2v) is 7.43. The van der Waals surface area contributed by atoms with Gasteiger partial charge in [-0.15, -0.1) is 11.6 Å². The molecule has 0 aliphatic heterocycles. The van der Waals surface area contributed by atoms with E-state index < -0.39 is 5.60 Å². The molecule has 2 aromatic rings. The molecule has 1 aliphatic rings. The van der Waals surface area contributed by atoms with Crippen molar-refractivity contribution in [2.45, 2.75) is 38.3 Å². The molecular formula is C17H22ClN3OS. The van der Waals surface area contributed by atoms with E-state index in [2.05, 4.69) is 29.1 Å². The van der Waals surface area contributed by atoms with E-state index in [-0.39, 0.29) is 11.3 Å². The summed E-state index contributed by atoms with van der Waals surface area (Å²) in [7, 11) is 0. The summed E-state index contributed by atoms with van der Waals surface area (Å²) in [5, 5.41) is 14.6. The molecule has 0 amide bonds. The van der Waals surface area contributed by atoms with Crippen molar-refractivity contribution in [1.82, 2.24) is 14.8 Å². The number of rotatable bonds is 5. The summed E-state index contributed by atoms with van der Waals surface area (Å²) in [4.78, 5) is 4.05. The molecule has 1 aromatic carbocycles. The summed E-state index contributed by atoms with van der Waals surface area (Å²) in [5.74, 6) is 0.565. The second kappa shape index (κ2) is 6.38. The van der Waals surface area contributed by atoms with Gasteiger partial charge in [-0.05, 0) is 43.0 Å². The molecule has 124 valence electrons. The molecule has 1 saturated carbocycles. The maximum atomic E-state index is 11.6. The summed E-state index contributed by atoms with van der Waals surface area (Å²) in [5.41, 5.74) is -0.0218. The van der Waals surface area contributed by atoms with Crippen LogP contribution in [0.15, 0.2) is 36.7 Å². The summed E-state index contributed by atoms with van der Waals surface area (Å²) >= 11 is 11.5. The van der Waals surface area contributed by atoms with E-state index in [0.29, 0.717) is 17.2 Å². The molecule has 0 saturated heterocycles. The Hall–Kier alpha value is -1.17. The Kier molecular flexibility index (Phi) is 4.63. The van der Waals surface area contributed by atoms with Crippen molar-refractivity contribution in [3.8, 4) is 0 Å². The number of hydrogen-bond acceptors (Lipinski definition) is 3. The molecule has 1 aliphatic carbocycles. The van der Waals surface area contributed by atoms with Crippen LogP contribution >= 0.6 is 23.8 Å². The third-order valence-electron chi connectivity index (χ3n) is 5.40. The van der Waals surface area contributed by atoms with E-state index in [4.69, 9.17) is 23.8 Å². The Bertz CT molecular complexity index is 716. The van der Waals surface area contributed by atoms with Crippen LogP contribution in [0.5, 0.6) is 0 Å². The summed E-state index contributed by atoms with van der Waals surface area (Å²) in [6.45, 7) is 2.47. The molecule has 2 N–H and O–H groups in total. The first kappa shape index (κ1) is 16.7. The lowest BCUT2D eigenvalue weighted by molar-refractivity contribution is -0.0893. The fourth-order valence-corrected chi connectivity index (χ4v) is 4.28. The van der Waals surface area contributed by atoms with Crippen molar-refractivity contribution in [3.63, 3.8) is 0 Å². The van der Waals surface area contributed by atoms with E-state index in [1.54, 1.807) is 11.0 Å². The quantitative estimate of drug-likeness (QED) is 0.639. The van der Waals surface area contributed by atoms with Crippen molar-refractivity contribution >= 4 is 23.8 Å². The first-order chi connectivity index (χ1) is 11.0. The van der Waals surface area contributed by atoms with E-state index in [9.17, 15) is 5.11 Å². The highest BCUT2D eigenvalue weighted by Gasteiger charge is 2.56. The van der Waals surface area contributed by atoms with Crippen molar-refractivity contribution in [3.05, 3.63) is 47.0 Å². The fourth-order valence-electron chi connectivity index (χ4n) is 3.75. The highest BCUT2D eigenvalue weighted by Crippen LogP contribution is 2.52. The minimum atomic E-state index is -0.921. The standard InChI is InChI=1S/C17H22ClN3OS/c1-16(10-18)8-7-14(9-13-5-3-2-4-6-13)17(16,22)11-21-15(23)19-12-20-21/h2-6,12,14,22H,7-11H2,1H3,(H,19,20,23). The van der Waals surface area contributed by atoms with Crippen LogP contribution in [0.3, 0.4) is 0 Å². The molecular weight excluding hydrogens is 330 g/mol. The minimum Gasteiger partial charge on any atom is -0.387 e. The predicted octanol–water partition coefficient (Wildman–Crippen LogP) is 3.57. The Balaban J connectivity index is 1.92. The SMILES string of the molecule is CC1(CCl)CCC(Cc2ccccc2)C1(O)Cn1[nH]cnc1=S. The van der Waals surface area contributed by atoms with Gasteiger partial charge in [-0.3, -0.25) is 9.78 Å². The van der Waals surface area contributed by atoms with Crippen LogP contribution in [0.4, 0.5) is 0 Å². The zero-order valence-electron chi connectivity index (χ0n) is 13.2. The number of alkyl halides is 1. The van der Waals surface area contributed by atoms with Crippen LogP contribution in [-0.2, 0) is 13.0 Å². The monoisotopic (exact) mass is 351 g/mol. The minimum absolute atomic E-state index is 0.138. The van der Waals surface area contributed by atoms with Gasteiger partial charge in [-0.2, -0.15) is 0 Å². The van der Waals surface area contributed by atoms with Crippen molar-refractivity contribution in [1.29, 1.82) is 0 Å². The highest BCUT2D eigenvalue weighted by atomic mass is 35.5. The number of nitrogens with one attached hydrogen (secondary N) is 1. The Morgan fingerprint density at radius 1 is 1.43 bits per heavy atom. The summed E-state index contributed by atoms with van der Waals surface area (Å²) in [6, 6.07) is 10.3. The van der Waals surface area contributed by atoms with Gasteiger partial charge >= 0.3 is 0 Å². The van der Waals surface area contributed by atoms with Gasteiger partial charge in [0.1, 0.15) is 6.33 Å². The van der Waals surface area contributed by atoms with E-state index >= 15 is 0 Å². The third-order valence-corrected chi connectivity index (χ3v) is 6.32. The molecule has 1 heterocycles. The maximum Gasteiger partial charge on any atom is 0.215 e. The third kappa shape index (κ3) is 2.97. The molecule has 0 spiro atoms. The van der Waals surface area contributed by atoms with Gasteiger partial charge < -0.3 is 5.11 Å². The molecule has 6 heteroatoms. The normalized spacial score (nSPS) is 30.7. The number of aromatic nitrogens is 3.